The van der Waals surface area contributed by atoms with Gasteiger partial charge in [-0.15, -0.1) is 24.0 Å². The van der Waals surface area contributed by atoms with Crippen molar-refractivity contribution in [3.63, 3.8) is 0 Å². The van der Waals surface area contributed by atoms with Gasteiger partial charge in [0.1, 0.15) is 5.76 Å². The Balaban J connectivity index is 0.00000288. The van der Waals surface area contributed by atoms with Crippen molar-refractivity contribution in [2.75, 3.05) is 33.4 Å². The van der Waals surface area contributed by atoms with Crippen molar-refractivity contribution in [2.24, 2.45) is 10.9 Å². The first-order valence-electron chi connectivity index (χ1n) is 8.56. The standard InChI is InChI=1S/C17H30N4O2.HI/c1-12(16-13(2)21-23-14(16)3)10-20-17(18-4)19-8-5-9-22-11-15-6-7-15;/h12,15H,5-11H2,1-4H3,(H2,18,19,20);1H. The van der Waals surface area contributed by atoms with Crippen molar-refractivity contribution in [3.05, 3.63) is 17.0 Å². The normalized spacial score (nSPS) is 15.8. The van der Waals surface area contributed by atoms with Crippen molar-refractivity contribution in [1.82, 2.24) is 15.8 Å². The number of aryl methyl sites for hydroxylation is 2. The highest BCUT2D eigenvalue weighted by Crippen LogP contribution is 2.28. The van der Waals surface area contributed by atoms with Crippen LogP contribution >= 0.6 is 24.0 Å². The van der Waals surface area contributed by atoms with Crippen LogP contribution in [0, 0.1) is 19.8 Å². The Morgan fingerprint density at radius 1 is 1.38 bits per heavy atom. The molecule has 1 fully saturated rings. The Labute approximate surface area is 162 Å². The lowest BCUT2D eigenvalue weighted by atomic mass is 10.00. The maximum atomic E-state index is 5.63. The fraction of sp³-hybridized carbons (Fsp3) is 0.765. The molecule has 1 aliphatic rings. The van der Waals surface area contributed by atoms with Crippen LogP contribution in [0.4, 0.5) is 0 Å². The third-order valence-electron chi connectivity index (χ3n) is 4.19. The van der Waals surface area contributed by atoms with Crippen LogP contribution < -0.4 is 10.6 Å². The summed E-state index contributed by atoms with van der Waals surface area (Å²) < 4.78 is 10.9. The van der Waals surface area contributed by atoms with E-state index in [1.165, 1.54) is 18.4 Å². The fourth-order valence-corrected chi connectivity index (χ4v) is 2.68. The molecule has 0 aromatic carbocycles. The number of nitrogens with zero attached hydrogens (tertiary/aromatic N) is 2. The molecule has 0 saturated heterocycles. The van der Waals surface area contributed by atoms with Crippen molar-refractivity contribution in [3.8, 4) is 0 Å². The maximum absolute atomic E-state index is 5.63. The van der Waals surface area contributed by atoms with Gasteiger partial charge in [0, 0.05) is 44.8 Å². The van der Waals surface area contributed by atoms with E-state index in [0.717, 1.165) is 56.1 Å². The van der Waals surface area contributed by atoms with Crippen LogP contribution in [-0.2, 0) is 4.74 Å². The summed E-state index contributed by atoms with van der Waals surface area (Å²) in [5, 5.41) is 10.7. The molecule has 0 amide bonds. The summed E-state index contributed by atoms with van der Waals surface area (Å²) in [5.41, 5.74) is 2.15. The predicted octanol–water partition coefficient (Wildman–Crippen LogP) is 2.99. The van der Waals surface area contributed by atoms with Crippen LogP contribution in [0.15, 0.2) is 9.52 Å². The highest BCUT2D eigenvalue weighted by molar-refractivity contribution is 14.0. The van der Waals surface area contributed by atoms with Gasteiger partial charge < -0.3 is 19.9 Å². The summed E-state index contributed by atoms with van der Waals surface area (Å²) in [4.78, 5) is 4.26. The Morgan fingerprint density at radius 2 is 2.12 bits per heavy atom. The molecular formula is C17H31IN4O2. The number of halogens is 1. The van der Waals surface area contributed by atoms with Gasteiger partial charge in [-0.3, -0.25) is 4.99 Å². The number of hydrogen-bond donors (Lipinski definition) is 2. The molecule has 2 rings (SSSR count). The van der Waals surface area contributed by atoms with Gasteiger partial charge in [0.05, 0.1) is 5.69 Å². The lowest BCUT2D eigenvalue weighted by Gasteiger charge is -2.16. The minimum absolute atomic E-state index is 0. The molecule has 1 unspecified atom stereocenters. The lowest BCUT2D eigenvalue weighted by Crippen LogP contribution is -2.39. The second kappa shape index (κ2) is 10.9. The molecule has 7 heteroatoms. The highest BCUT2D eigenvalue weighted by atomic mass is 127. The average molecular weight is 450 g/mol. The number of aromatic nitrogens is 1. The molecule has 1 aromatic heterocycles. The second-order valence-electron chi connectivity index (χ2n) is 6.39. The van der Waals surface area contributed by atoms with Crippen molar-refractivity contribution >= 4 is 29.9 Å². The number of hydrogen-bond acceptors (Lipinski definition) is 4. The smallest absolute Gasteiger partial charge is 0.190 e. The molecular weight excluding hydrogens is 419 g/mol. The summed E-state index contributed by atoms with van der Waals surface area (Å²) >= 11 is 0. The zero-order chi connectivity index (χ0) is 16.7. The number of aliphatic imine (C=N–C) groups is 1. The number of guanidine groups is 1. The first-order chi connectivity index (χ1) is 11.1. The minimum Gasteiger partial charge on any atom is -0.381 e. The zero-order valence-corrected chi connectivity index (χ0v) is 17.6. The van der Waals surface area contributed by atoms with E-state index in [-0.39, 0.29) is 24.0 Å². The molecule has 0 aliphatic heterocycles. The molecule has 2 N–H and O–H groups in total. The largest absolute Gasteiger partial charge is 0.381 e. The molecule has 1 heterocycles. The quantitative estimate of drug-likeness (QED) is 0.262. The average Bonchev–Trinajstić information content (AvgIpc) is 3.30. The van der Waals surface area contributed by atoms with E-state index in [0.29, 0.717) is 5.92 Å². The van der Waals surface area contributed by atoms with Gasteiger partial charge in [-0.25, -0.2) is 0 Å². The van der Waals surface area contributed by atoms with Gasteiger partial charge in [-0.2, -0.15) is 0 Å². The highest BCUT2D eigenvalue weighted by Gasteiger charge is 2.20. The Kier molecular flexibility index (Phi) is 9.65. The predicted molar refractivity (Wildman–Crippen MR) is 107 cm³/mol. The van der Waals surface area contributed by atoms with E-state index in [2.05, 4.69) is 27.7 Å². The lowest BCUT2D eigenvalue weighted by molar-refractivity contribution is 0.123. The number of rotatable bonds is 9. The van der Waals surface area contributed by atoms with E-state index < -0.39 is 0 Å². The Bertz CT molecular complexity index is 495. The van der Waals surface area contributed by atoms with Crippen molar-refractivity contribution < 1.29 is 9.26 Å². The molecule has 6 nitrogen and oxygen atoms in total. The monoisotopic (exact) mass is 450 g/mol. The van der Waals surface area contributed by atoms with Crippen LogP contribution in [0.3, 0.4) is 0 Å². The van der Waals surface area contributed by atoms with Gasteiger partial charge in [0.2, 0.25) is 0 Å². The maximum Gasteiger partial charge on any atom is 0.190 e. The van der Waals surface area contributed by atoms with Crippen LogP contribution in [0.1, 0.15) is 49.1 Å². The van der Waals surface area contributed by atoms with E-state index in [1.54, 1.807) is 7.05 Å². The first kappa shape index (κ1) is 21.2. The van der Waals surface area contributed by atoms with Gasteiger partial charge in [0.25, 0.3) is 0 Å². The molecule has 0 bridgehead atoms. The van der Waals surface area contributed by atoms with E-state index in [4.69, 9.17) is 9.26 Å². The summed E-state index contributed by atoms with van der Waals surface area (Å²) in [6.45, 7) is 9.51. The molecule has 138 valence electrons. The van der Waals surface area contributed by atoms with Crippen LogP contribution in [0.2, 0.25) is 0 Å². The summed E-state index contributed by atoms with van der Waals surface area (Å²) in [7, 11) is 1.79. The third-order valence-corrected chi connectivity index (χ3v) is 4.19. The second-order valence-corrected chi connectivity index (χ2v) is 6.39. The van der Waals surface area contributed by atoms with Crippen LogP contribution in [0.25, 0.3) is 0 Å². The minimum atomic E-state index is 0. The van der Waals surface area contributed by atoms with Crippen molar-refractivity contribution in [1.29, 1.82) is 0 Å². The number of nitrogens with one attached hydrogen (secondary N) is 2. The van der Waals surface area contributed by atoms with Gasteiger partial charge in [-0.05, 0) is 39.0 Å². The molecule has 0 radical (unpaired) electrons. The SMILES string of the molecule is CN=C(NCCCOCC1CC1)NCC(C)c1c(C)noc1C.I. The third kappa shape index (κ3) is 6.96. The van der Waals surface area contributed by atoms with Gasteiger partial charge in [0.15, 0.2) is 5.96 Å². The first-order valence-corrected chi connectivity index (χ1v) is 8.56. The van der Waals surface area contributed by atoms with Crippen molar-refractivity contribution in [2.45, 2.75) is 46.0 Å². The Morgan fingerprint density at radius 3 is 2.71 bits per heavy atom. The molecule has 24 heavy (non-hydrogen) atoms. The fourth-order valence-electron chi connectivity index (χ4n) is 2.68. The van der Waals surface area contributed by atoms with E-state index in [1.807, 2.05) is 13.8 Å². The molecule has 1 aliphatic carbocycles. The van der Waals surface area contributed by atoms with Crippen LogP contribution in [0.5, 0.6) is 0 Å². The summed E-state index contributed by atoms with van der Waals surface area (Å²) in [6.07, 6.45) is 3.68. The van der Waals surface area contributed by atoms with E-state index in [9.17, 15) is 0 Å². The van der Waals surface area contributed by atoms with Gasteiger partial charge >= 0.3 is 0 Å². The summed E-state index contributed by atoms with van der Waals surface area (Å²) in [5.74, 6) is 2.88. The Hall–Kier alpha value is -0.830. The van der Waals surface area contributed by atoms with Gasteiger partial charge in [-0.1, -0.05) is 12.1 Å². The molecule has 0 spiro atoms. The zero-order valence-electron chi connectivity index (χ0n) is 15.2. The number of ether oxygens (including phenoxy) is 1. The van der Waals surface area contributed by atoms with Crippen LogP contribution in [-0.4, -0.2) is 44.5 Å². The molecule has 1 saturated carbocycles. The molecule has 1 atom stereocenters. The molecule has 1 aromatic rings. The topological polar surface area (TPSA) is 71.7 Å². The summed E-state index contributed by atoms with van der Waals surface area (Å²) in [6, 6.07) is 0. The van der Waals surface area contributed by atoms with E-state index >= 15 is 0 Å².